The maximum Gasteiger partial charge on any atom is 0.240 e. The fourth-order valence-electron chi connectivity index (χ4n) is 1.58. The second-order valence-corrected chi connectivity index (χ2v) is 5.97. The molecule has 1 heterocycles. The summed E-state index contributed by atoms with van der Waals surface area (Å²) in [5.74, 6) is 1.02. The lowest BCUT2D eigenvalue weighted by molar-refractivity contribution is 0.122. The highest BCUT2D eigenvalue weighted by molar-refractivity contribution is 7.89. The van der Waals surface area contributed by atoms with Gasteiger partial charge in [0.25, 0.3) is 0 Å². The minimum Gasteiger partial charge on any atom is -0.486 e. The Morgan fingerprint density at radius 3 is 2.68 bits per heavy atom. The summed E-state index contributed by atoms with van der Waals surface area (Å²) >= 11 is 0. The molecule has 1 N–H and O–H groups in total. The molecule has 7 heteroatoms. The second kappa shape index (κ2) is 5.77. The molecule has 0 spiro atoms. The number of rotatable bonds is 5. The first-order valence-corrected chi connectivity index (χ1v) is 7.43. The van der Waals surface area contributed by atoms with Crippen LogP contribution >= 0.6 is 0 Å². The lowest BCUT2D eigenvalue weighted by Gasteiger charge is -2.19. The Balaban J connectivity index is 2.16. The topological polar surface area (TPSA) is 73.9 Å². The summed E-state index contributed by atoms with van der Waals surface area (Å²) in [4.78, 5) is 0.153. The normalized spacial score (nSPS) is 16.1. The van der Waals surface area contributed by atoms with Crippen molar-refractivity contribution in [3.8, 4) is 11.5 Å². The first-order chi connectivity index (χ1) is 9.03. The van der Waals surface area contributed by atoms with Gasteiger partial charge < -0.3 is 14.2 Å². The van der Waals surface area contributed by atoms with Gasteiger partial charge in [0.15, 0.2) is 11.5 Å². The minimum absolute atomic E-state index is 0.153. The van der Waals surface area contributed by atoms with E-state index in [0.717, 1.165) is 0 Å². The maximum atomic E-state index is 12.1. The molecule has 1 unspecified atom stereocenters. The van der Waals surface area contributed by atoms with Crippen molar-refractivity contribution in [2.75, 3.05) is 26.9 Å². The summed E-state index contributed by atoms with van der Waals surface area (Å²) in [6, 6.07) is 4.56. The summed E-state index contributed by atoms with van der Waals surface area (Å²) in [6.45, 7) is 2.90. The zero-order chi connectivity index (χ0) is 13.9. The van der Waals surface area contributed by atoms with Crippen molar-refractivity contribution in [1.82, 2.24) is 4.72 Å². The van der Waals surface area contributed by atoms with Crippen LogP contribution in [-0.4, -0.2) is 41.4 Å². The summed E-state index contributed by atoms with van der Waals surface area (Å²) in [5.41, 5.74) is 0. The molecule has 19 heavy (non-hydrogen) atoms. The average Bonchev–Trinajstić information content (AvgIpc) is 2.44. The fourth-order valence-corrected chi connectivity index (χ4v) is 2.71. The SMILES string of the molecule is COC(C)CNS(=O)(=O)c1ccc2c(c1)OCCO2. The molecule has 0 aliphatic carbocycles. The molecule has 0 fully saturated rings. The van der Waals surface area contributed by atoms with Crippen LogP contribution in [-0.2, 0) is 14.8 Å². The number of fused-ring (bicyclic) bond motifs is 1. The van der Waals surface area contributed by atoms with Crippen molar-refractivity contribution in [1.29, 1.82) is 0 Å². The van der Waals surface area contributed by atoms with E-state index in [1.807, 2.05) is 0 Å². The molecule has 1 aliphatic heterocycles. The van der Waals surface area contributed by atoms with Gasteiger partial charge in [0.05, 0.1) is 11.0 Å². The van der Waals surface area contributed by atoms with E-state index >= 15 is 0 Å². The van der Waals surface area contributed by atoms with E-state index in [1.54, 1.807) is 13.0 Å². The Hall–Kier alpha value is -1.31. The maximum absolute atomic E-state index is 12.1. The molecule has 0 bridgehead atoms. The molecule has 106 valence electrons. The Bertz CT molecular complexity index is 543. The Morgan fingerprint density at radius 2 is 2.00 bits per heavy atom. The fraction of sp³-hybridized carbons (Fsp3) is 0.500. The molecule has 0 radical (unpaired) electrons. The predicted molar refractivity (Wildman–Crippen MR) is 69.1 cm³/mol. The molecule has 1 aromatic carbocycles. The van der Waals surface area contributed by atoms with Crippen molar-refractivity contribution < 1.29 is 22.6 Å². The van der Waals surface area contributed by atoms with Gasteiger partial charge in [-0.3, -0.25) is 0 Å². The first-order valence-electron chi connectivity index (χ1n) is 5.95. The van der Waals surface area contributed by atoms with Crippen LogP contribution in [0, 0.1) is 0 Å². The first kappa shape index (κ1) is 14.1. The number of ether oxygens (including phenoxy) is 3. The third kappa shape index (κ3) is 3.37. The van der Waals surface area contributed by atoms with E-state index in [0.29, 0.717) is 24.7 Å². The van der Waals surface area contributed by atoms with E-state index in [4.69, 9.17) is 14.2 Å². The van der Waals surface area contributed by atoms with Crippen molar-refractivity contribution >= 4 is 10.0 Å². The number of sulfonamides is 1. The predicted octanol–water partition coefficient (Wildman–Crippen LogP) is 0.771. The van der Waals surface area contributed by atoms with Crippen LogP contribution in [0.2, 0.25) is 0 Å². The molecular weight excluding hydrogens is 270 g/mol. The smallest absolute Gasteiger partial charge is 0.240 e. The van der Waals surface area contributed by atoms with Crippen LogP contribution < -0.4 is 14.2 Å². The van der Waals surface area contributed by atoms with E-state index in [1.165, 1.54) is 19.2 Å². The number of nitrogens with one attached hydrogen (secondary N) is 1. The van der Waals surface area contributed by atoms with Crippen molar-refractivity contribution in [2.24, 2.45) is 0 Å². The van der Waals surface area contributed by atoms with Crippen LogP contribution in [0.3, 0.4) is 0 Å². The Labute approximate surface area is 112 Å². The van der Waals surface area contributed by atoms with Crippen LogP contribution in [0.5, 0.6) is 11.5 Å². The number of hydrogen-bond donors (Lipinski definition) is 1. The highest BCUT2D eigenvalue weighted by Crippen LogP contribution is 2.32. The molecule has 1 atom stereocenters. The molecule has 1 aromatic rings. The summed E-state index contributed by atoms with van der Waals surface area (Å²) < 4.78 is 42.3. The van der Waals surface area contributed by atoms with E-state index in [2.05, 4.69) is 4.72 Å². The highest BCUT2D eigenvalue weighted by atomic mass is 32.2. The van der Waals surface area contributed by atoms with Gasteiger partial charge in [-0.2, -0.15) is 0 Å². The van der Waals surface area contributed by atoms with Gasteiger partial charge in [-0.1, -0.05) is 0 Å². The van der Waals surface area contributed by atoms with E-state index in [9.17, 15) is 8.42 Å². The summed E-state index contributed by atoms with van der Waals surface area (Å²) in [5, 5.41) is 0. The average molecular weight is 287 g/mol. The lowest BCUT2D eigenvalue weighted by Crippen LogP contribution is -2.31. The molecule has 0 saturated carbocycles. The summed E-state index contributed by atoms with van der Waals surface area (Å²) in [6.07, 6.45) is -0.188. The quantitative estimate of drug-likeness (QED) is 0.866. The van der Waals surface area contributed by atoms with Crippen molar-refractivity contribution in [3.63, 3.8) is 0 Å². The van der Waals surface area contributed by atoms with Gasteiger partial charge in [0, 0.05) is 19.7 Å². The molecule has 0 amide bonds. The molecule has 0 aromatic heterocycles. The van der Waals surface area contributed by atoms with E-state index in [-0.39, 0.29) is 17.5 Å². The number of benzene rings is 1. The Morgan fingerprint density at radius 1 is 1.32 bits per heavy atom. The third-order valence-electron chi connectivity index (χ3n) is 2.79. The zero-order valence-corrected chi connectivity index (χ0v) is 11.7. The third-order valence-corrected chi connectivity index (χ3v) is 4.21. The van der Waals surface area contributed by atoms with Crippen LogP contribution in [0.4, 0.5) is 0 Å². The van der Waals surface area contributed by atoms with Crippen LogP contribution in [0.25, 0.3) is 0 Å². The van der Waals surface area contributed by atoms with Gasteiger partial charge in [0.1, 0.15) is 13.2 Å². The lowest BCUT2D eigenvalue weighted by atomic mass is 10.3. The molecule has 6 nitrogen and oxygen atoms in total. The number of methoxy groups -OCH3 is 1. The van der Waals surface area contributed by atoms with Crippen molar-refractivity contribution in [3.05, 3.63) is 18.2 Å². The number of hydrogen-bond acceptors (Lipinski definition) is 5. The van der Waals surface area contributed by atoms with Gasteiger partial charge >= 0.3 is 0 Å². The van der Waals surface area contributed by atoms with E-state index < -0.39 is 10.0 Å². The highest BCUT2D eigenvalue weighted by Gasteiger charge is 2.19. The molecule has 0 saturated heterocycles. The minimum atomic E-state index is -3.56. The van der Waals surface area contributed by atoms with Gasteiger partial charge in [0.2, 0.25) is 10.0 Å². The standard InChI is InChI=1S/C12H17NO5S/c1-9(16-2)8-13-19(14,15)10-3-4-11-12(7-10)18-6-5-17-11/h3-4,7,9,13H,5-6,8H2,1-2H3. The van der Waals surface area contributed by atoms with Crippen LogP contribution in [0.1, 0.15) is 6.92 Å². The second-order valence-electron chi connectivity index (χ2n) is 4.20. The van der Waals surface area contributed by atoms with Gasteiger partial charge in [-0.15, -0.1) is 0 Å². The van der Waals surface area contributed by atoms with Crippen LogP contribution in [0.15, 0.2) is 23.1 Å². The van der Waals surface area contributed by atoms with Crippen molar-refractivity contribution in [2.45, 2.75) is 17.9 Å². The zero-order valence-electron chi connectivity index (χ0n) is 10.9. The van der Waals surface area contributed by atoms with Gasteiger partial charge in [-0.25, -0.2) is 13.1 Å². The molecule has 1 aliphatic rings. The summed E-state index contributed by atoms with van der Waals surface area (Å²) in [7, 11) is -2.03. The Kier molecular flexibility index (Phi) is 4.28. The largest absolute Gasteiger partial charge is 0.486 e. The van der Waals surface area contributed by atoms with Gasteiger partial charge in [-0.05, 0) is 19.1 Å². The monoisotopic (exact) mass is 287 g/mol. The molecule has 2 rings (SSSR count). The molecular formula is C12H17NO5S.